The van der Waals surface area contributed by atoms with Gasteiger partial charge in [0.25, 0.3) is 5.91 Å². The van der Waals surface area contributed by atoms with Crippen molar-refractivity contribution in [2.45, 2.75) is 20.0 Å². The van der Waals surface area contributed by atoms with Crippen LogP contribution in [0.2, 0.25) is 0 Å². The SMILES string of the molecule is Cc1cccc(CNc2cnc(C(=O)N(C)Cc3ccccc3)cn2)c1. The van der Waals surface area contributed by atoms with Crippen LogP contribution in [-0.2, 0) is 13.1 Å². The predicted octanol–water partition coefficient (Wildman–Crippen LogP) is 3.67. The lowest BCUT2D eigenvalue weighted by atomic mass is 10.1. The highest BCUT2D eigenvalue weighted by molar-refractivity contribution is 5.91. The smallest absolute Gasteiger partial charge is 0.274 e. The number of carbonyl (C=O) groups is 1. The fourth-order valence-electron chi connectivity index (χ4n) is 2.67. The largest absolute Gasteiger partial charge is 0.365 e. The van der Waals surface area contributed by atoms with Crippen LogP contribution in [0.15, 0.2) is 67.0 Å². The lowest BCUT2D eigenvalue weighted by molar-refractivity contribution is 0.0779. The lowest BCUT2D eigenvalue weighted by Gasteiger charge is -2.16. The molecule has 5 heteroatoms. The van der Waals surface area contributed by atoms with Crippen LogP contribution >= 0.6 is 0 Å². The summed E-state index contributed by atoms with van der Waals surface area (Å²) in [7, 11) is 1.76. The summed E-state index contributed by atoms with van der Waals surface area (Å²) >= 11 is 0. The fourth-order valence-corrected chi connectivity index (χ4v) is 2.67. The molecule has 26 heavy (non-hydrogen) atoms. The number of hydrogen-bond donors (Lipinski definition) is 1. The molecule has 3 rings (SSSR count). The summed E-state index contributed by atoms with van der Waals surface area (Å²) in [6.07, 6.45) is 3.11. The third-order valence-corrected chi connectivity index (χ3v) is 4.04. The molecule has 132 valence electrons. The van der Waals surface area contributed by atoms with E-state index in [-0.39, 0.29) is 5.91 Å². The van der Waals surface area contributed by atoms with Gasteiger partial charge in [-0.05, 0) is 18.1 Å². The second-order valence-electron chi connectivity index (χ2n) is 6.28. The van der Waals surface area contributed by atoms with E-state index in [1.807, 2.05) is 36.4 Å². The van der Waals surface area contributed by atoms with Gasteiger partial charge in [0.2, 0.25) is 0 Å². The minimum Gasteiger partial charge on any atom is -0.365 e. The molecule has 1 heterocycles. The summed E-state index contributed by atoms with van der Waals surface area (Å²) in [6, 6.07) is 18.1. The number of carbonyl (C=O) groups excluding carboxylic acids is 1. The highest BCUT2D eigenvalue weighted by Crippen LogP contribution is 2.10. The first-order valence-corrected chi connectivity index (χ1v) is 8.52. The molecular formula is C21H22N4O. The van der Waals surface area contributed by atoms with Crippen molar-refractivity contribution < 1.29 is 4.79 Å². The molecule has 0 unspecified atom stereocenters. The van der Waals surface area contributed by atoms with E-state index in [4.69, 9.17) is 0 Å². The Bertz CT molecular complexity index is 863. The van der Waals surface area contributed by atoms with E-state index in [2.05, 4.69) is 40.4 Å². The zero-order valence-corrected chi connectivity index (χ0v) is 15.0. The molecule has 0 aliphatic rings. The Kier molecular flexibility index (Phi) is 5.59. The van der Waals surface area contributed by atoms with Gasteiger partial charge in [0.15, 0.2) is 0 Å². The van der Waals surface area contributed by atoms with Crippen LogP contribution in [0, 0.1) is 6.92 Å². The standard InChI is InChI=1S/C21H22N4O/c1-16-7-6-10-18(11-16)12-23-20-14-22-19(13-24-20)21(26)25(2)15-17-8-4-3-5-9-17/h3-11,13-14H,12,15H2,1-2H3,(H,23,24). The van der Waals surface area contributed by atoms with Gasteiger partial charge in [-0.2, -0.15) is 0 Å². The van der Waals surface area contributed by atoms with E-state index in [9.17, 15) is 4.79 Å². The summed E-state index contributed by atoms with van der Waals surface area (Å²) in [5.41, 5.74) is 3.81. The van der Waals surface area contributed by atoms with E-state index >= 15 is 0 Å². The highest BCUT2D eigenvalue weighted by atomic mass is 16.2. The first-order chi connectivity index (χ1) is 12.6. The van der Waals surface area contributed by atoms with Gasteiger partial charge in [0.05, 0.1) is 12.4 Å². The second-order valence-corrected chi connectivity index (χ2v) is 6.28. The first-order valence-electron chi connectivity index (χ1n) is 8.52. The van der Waals surface area contributed by atoms with E-state index in [1.165, 1.54) is 17.3 Å². The van der Waals surface area contributed by atoms with Gasteiger partial charge >= 0.3 is 0 Å². The van der Waals surface area contributed by atoms with Crippen molar-refractivity contribution in [3.8, 4) is 0 Å². The molecule has 0 aliphatic heterocycles. The van der Waals surface area contributed by atoms with Crippen LogP contribution in [0.4, 0.5) is 5.82 Å². The molecule has 2 aromatic carbocycles. The third kappa shape index (κ3) is 4.66. The van der Waals surface area contributed by atoms with Gasteiger partial charge in [-0.1, -0.05) is 60.2 Å². The van der Waals surface area contributed by atoms with Crippen LogP contribution in [0.25, 0.3) is 0 Å². The molecular weight excluding hydrogens is 324 g/mol. The molecule has 1 N–H and O–H groups in total. The van der Waals surface area contributed by atoms with Crippen LogP contribution in [0.1, 0.15) is 27.2 Å². The number of aryl methyl sites for hydroxylation is 1. The highest BCUT2D eigenvalue weighted by Gasteiger charge is 2.14. The summed E-state index contributed by atoms with van der Waals surface area (Å²) in [6.45, 7) is 3.27. The Labute approximate surface area is 153 Å². The molecule has 0 bridgehead atoms. The van der Waals surface area contributed by atoms with Crippen molar-refractivity contribution in [2.24, 2.45) is 0 Å². The lowest BCUT2D eigenvalue weighted by Crippen LogP contribution is -2.27. The van der Waals surface area contributed by atoms with E-state index in [0.717, 1.165) is 5.56 Å². The summed E-state index contributed by atoms with van der Waals surface area (Å²) < 4.78 is 0. The fraction of sp³-hybridized carbons (Fsp3) is 0.190. The van der Waals surface area contributed by atoms with Gasteiger partial charge < -0.3 is 10.2 Å². The second kappa shape index (κ2) is 8.25. The molecule has 3 aromatic rings. The zero-order valence-electron chi connectivity index (χ0n) is 15.0. The molecule has 1 aromatic heterocycles. The Morgan fingerprint density at radius 1 is 1.00 bits per heavy atom. The number of rotatable bonds is 6. The number of nitrogens with zero attached hydrogens (tertiary/aromatic N) is 3. The van der Waals surface area contributed by atoms with E-state index < -0.39 is 0 Å². The number of hydrogen-bond acceptors (Lipinski definition) is 4. The molecule has 0 atom stereocenters. The summed E-state index contributed by atoms with van der Waals surface area (Å²) in [5.74, 6) is 0.500. The average Bonchev–Trinajstić information content (AvgIpc) is 2.67. The Balaban J connectivity index is 1.58. The molecule has 0 aliphatic carbocycles. The van der Waals surface area contributed by atoms with E-state index in [1.54, 1.807) is 18.1 Å². The predicted molar refractivity (Wildman–Crippen MR) is 103 cm³/mol. The van der Waals surface area contributed by atoms with Crippen molar-refractivity contribution >= 4 is 11.7 Å². The Hall–Kier alpha value is -3.21. The van der Waals surface area contributed by atoms with Crippen LogP contribution in [-0.4, -0.2) is 27.8 Å². The number of anilines is 1. The maximum atomic E-state index is 12.5. The molecule has 0 radical (unpaired) electrons. The van der Waals surface area contributed by atoms with Gasteiger partial charge in [0.1, 0.15) is 11.5 Å². The Morgan fingerprint density at radius 3 is 2.46 bits per heavy atom. The van der Waals surface area contributed by atoms with Crippen molar-refractivity contribution in [2.75, 3.05) is 12.4 Å². The van der Waals surface area contributed by atoms with Gasteiger partial charge in [-0.3, -0.25) is 4.79 Å². The maximum Gasteiger partial charge on any atom is 0.274 e. The minimum atomic E-state index is -0.147. The molecule has 0 fully saturated rings. The third-order valence-electron chi connectivity index (χ3n) is 4.04. The van der Waals surface area contributed by atoms with E-state index in [0.29, 0.717) is 24.6 Å². The topological polar surface area (TPSA) is 58.1 Å². The number of benzene rings is 2. The molecule has 0 spiro atoms. The first kappa shape index (κ1) is 17.6. The van der Waals surface area contributed by atoms with Crippen molar-refractivity contribution in [3.05, 3.63) is 89.4 Å². The maximum absolute atomic E-state index is 12.5. The van der Waals surface area contributed by atoms with Gasteiger partial charge in [-0.25, -0.2) is 9.97 Å². The molecule has 1 amide bonds. The summed E-state index contributed by atoms with van der Waals surface area (Å²) in [5, 5.41) is 3.22. The normalized spacial score (nSPS) is 10.4. The van der Waals surface area contributed by atoms with Crippen LogP contribution < -0.4 is 5.32 Å². The van der Waals surface area contributed by atoms with Gasteiger partial charge in [-0.15, -0.1) is 0 Å². The quantitative estimate of drug-likeness (QED) is 0.740. The minimum absolute atomic E-state index is 0.147. The number of nitrogens with one attached hydrogen (secondary N) is 1. The number of amides is 1. The van der Waals surface area contributed by atoms with Crippen molar-refractivity contribution in [1.82, 2.24) is 14.9 Å². The zero-order chi connectivity index (χ0) is 18.4. The summed E-state index contributed by atoms with van der Waals surface area (Å²) in [4.78, 5) is 22.7. The van der Waals surface area contributed by atoms with Crippen LogP contribution in [0.5, 0.6) is 0 Å². The average molecular weight is 346 g/mol. The monoisotopic (exact) mass is 346 g/mol. The van der Waals surface area contributed by atoms with Crippen molar-refractivity contribution in [3.63, 3.8) is 0 Å². The van der Waals surface area contributed by atoms with Crippen LogP contribution in [0.3, 0.4) is 0 Å². The number of aromatic nitrogens is 2. The van der Waals surface area contributed by atoms with Gasteiger partial charge in [0, 0.05) is 20.1 Å². The van der Waals surface area contributed by atoms with Crippen molar-refractivity contribution in [1.29, 1.82) is 0 Å². The molecule has 5 nitrogen and oxygen atoms in total. The molecule has 0 saturated carbocycles. The Morgan fingerprint density at radius 2 is 1.77 bits per heavy atom. The molecule has 0 saturated heterocycles.